The molecule has 0 saturated carbocycles. The minimum absolute atomic E-state index is 0.0587. The molecule has 0 bridgehead atoms. The van der Waals surface area contributed by atoms with Gasteiger partial charge in [-0.25, -0.2) is 0 Å². The van der Waals surface area contributed by atoms with Crippen LogP contribution in [0.25, 0.3) is 0 Å². The van der Waals surface area contributed by atoms with Gasteiger partial charge in [-0.1, -0.05) is 11.2 Å². The maximum atomic E-state index is 11.8. The number of benzene rings is 1. The third-order valence-corrected chi connectivity index (χ3v) is 2.53. The number of carbonyl (C=O) groups is 1. The molecule has 0 aliphatic rings. The van der Waals surface area contributed by atoms with Gasteiger partial charge in [0.15, 0.2) is 0 Å². The van der Waals surface area contributed by atoms with E-state index in [1.54, 1.807) is 19.9 Å². The first kappa shape index (κ1) is 12.7. The third kappa shape index (κ3) is 2.76. The summed E-state index contributed by atoms with van der Waals surface area (Å²) >= 11 is 0. The van der Waals surface area contributed by atoms with Gasteiger partial charge >= 0.3 is 0 Å². The van der Waals surface area contributed by atoms with Crippen LogP contribution in [0.4, 0.5) is 11.4 Å². The largest absolute Gasteiger partial charge is 0.351 e. The Morgan fingerprint density at radius 3 is 2.68 bits per heavy atom. The van der Waals surface area contributed by atoms with Gasteiger partial charge in [0.25, 0.3) is 11.6 Å². The van der Waals surface area contributed by atoms with Crippen LogP contribution in [0.5, 0.6) is 0 Å². The zero-order valence-corrected chi connectivity index (χ0v) is 10.3. The molecule has 0 radical (unpaired) electrons. The SMILES string of the molecule is Cc1cc(C(=O)Nc2cc([N+](=O)[O-])ccc2C)on1. The number of hydrogen-bond donors (Lipinski definition) is 1. The predicted molar refractivity (Wildman–Crippen MR) is 67.0 cm³/mol. The van der Waals surface area contributed by atoms with Gasteiger partial charge in [0.2, 0.25) is 5.76 Å². The molecule has 2 rings (SSSR count). The quantitative estimate of drug-likeness (QED) is 0.675. The fourth-order valence-electron chi connectivity index (χ4n) is 1.51. The molecule has 1 amide bonds. The minimum atomic E-state index is -0.520. The van der Waals surface area contributed by atoms with Crippen molar-refractivity contribution in [2.45, 2.75) is 13.8 Å². The zero-order chi connectivity index (χ0) is 14.0. The normalized spacial score (nSPS) is 10.2. The van der Waals surface area contributed by atoms with Crippen molar-refractivity contribution in [1.29, 1.82) is 0 Å². The minimum Gasteiger partial charge on any atom is -0.351 e. The number of anilines is 1. The number of hydrogen-bond acceptors (Lipinski definition) is 5. The van der Waals surface area contributed by atoms with Crippen molar-refractivity contribution in [2.24, 2.45) is 0 Å². The first-order valence-corrected chi connectivity index (χ1v) is 5.47. The number of carbonyl (C=O) groups excluding carboxylic acids is 1. The smallest absolute Gasteiger partial charge is 0.294 e. The van der Waals surface area contributed by atoms with Gasteiger partial charge in [-0.3, -0.25) is 14.9 Å². The summed E-state index contributed by atoms with van der Waals surface area (Å²) in [5.74, 6) is -0.437. The van der Waals surface area contributed by atoms with Crippen LogP contribution in [0.15, 0.2) is 28.8 Å². The number of aromatic nitrogens is 1. The summed E-state index contributed by atoms with van der Waals surface area (Å²) < 4.78 is 4.82. The monoisotopic (exact) mass is 261 g/mol. The summed E-state index contributed by atoms with van der Waals surface area (Å²) in [5.41, 5.74) is 1.58. The number of nitrogens with zero attached hydrogens (tertiary/aromatic N) is 2. The van der Waals surface area contributed by atoms with Crippen molar-refractivity contribution >= 4 is 17.3 Å². The number of non-ortho nitro benzene ring substituents is 1. The van der Waals surface area contributed by atoms with E-state index in [1.807, 2.05) is 0 Å². The molecule has 2 aromatic rings. The summed E-state index contributed by atoms with van der Waals surface area (Å²) in [6.45, 7) is 3.43. The van der Waals surface area contributed by atoms with Gasteiger partial charge < -0.3 is 9.84 Å². The fourth-order valence-corrected chi connectivity index (χ4v) is 1.51. The van der Waals surface area contributed by atoms with E-state index in [9.17, 15) is 14.9 Å². The molecule has 0 atom stereocenters. The average molecular weight is 261 g/mol. The molecule has 1 aromatic heterocycles. The van der Waals surface area contributed by atoms with Crippen molar-refractivity contribution in [3.05, 3.63) is 51.4 Å². The third-order valence-electron chi connectivity index (χ3n) is 2.53. The lowest BCUT2D eigenvalue weighted by atomic mass is 10.2. The molecule has 19 heavy (non-hydrogen) atoms. The second-order valence-corrected chi connectivity index (χ2v) is 4.04. The Bertz CT molecular complexity index is 648. The van der Waals surface area contributed by atoms with Crippen LogP contribution in [-0.2, 0) is 0 Å². The van der Waals surface area contributed by atoms with Gasteiger partial charge in [0, 0.05) is 18.2 Å². The van der Waals surface area contributed by atoms with E-state index in [-0.39, 0.29) is 11.4 Å². The Balaban J connectivity index is 2.25. The maximum absolute atomic E-state index is 11.8. The van der Waals surface area contributed by atoms with Crippen LogP contribution in [0.3, 0.4) is 0 Å². The van der Waals surface area contributed by atoms with Crippen LogP contribution >= 0.6 is 0 Å². The number of aryl methyl sites for hydroxylation is 2. The Morgan fingerprint density at radius 2 is 2.11 bits per heavy atom. The zero-order valence-electron chi connectivity index (χ0n) is 10.3. The fraction of sp³-hybridized carbons (Fsp3) is 0.167. The highest BCUT2D eigenvalue weighted by molar-refractivity contribution is 6.02. The van der Waals surface area contributed by atoms with Gasteiger partial charge in [-0.15, -0.1) is 0 Å². The number of rotatable bonds is 3. The van der Waals surface area contributed by atoms with Crippen molar-refractivity contribution in [2.75, 3.05) is 5.32 Å². The lowest BCUT2D eigenvalue weighted by molar-refractivity contribution is -0.384. The van der Waals surface area contributed by atoms with Gasteiger partial charge in [0.1, 0.15) is 0 Å². The predicted octanol–water partition coefficient (Wildman–Crippen LogP) is 2.45. The summed E-state index contributed by atoms with van der Waals surface area (Å²) in [4.78, 5) is 22.0. The Kier molecular flexibility index (Phi) is 3.28. The second kappa shape index (κ2) is 4.89. The van der Waals surface area contributed by atoms with Crippen LogP contribution < -0.4 is 5.32 Å². The molecule has 0 aliphatic heterocycles. The van der Waals surface area contributed by atoms with E-state index < -0.39 is 10.8 Å². The molecule has 1 aromatic carbocycles. The molecule has 1 heterocycles. The molecule has 1 N–H and O–H groups in total. The molecular weight excluding hydrogens is 250 g/mol. The van der Waals surface area contributed by atoms with Gasteiger partial charge in [-0.05, 0) is 19.4 Å². The topological polar surface area (TPSA) is 98.3 Å². The van der Waals surface area contributed by atoms with Crippen LogP contribution in [0.2, 0.25) is 0 Å². The molecule has 0 aliphatic carbocycles. The number of amides is 1. The lowest BCUT2D eigenvalue weighted by Gasteiger charge is -2.06. The first-order valence-electron chi connectivity index (χ1n) is 5.47. The molecule has 7 heteroatoms. The highest BCUT2D eigenvalue weighted by Gasteiger charge is 2.15. The molecule has 98 valence electrons. The summed E-state index contributed by atoms with van der Waals surface area (Å²) in [6.07, 6.45) is 0. The van der Waals surface area contributed by atoms with E-state index >= 15 is 0 Å². The Labute approximate surface area is 108 Å². The molecule has 0 unspecified atom stereocenters. The van der Waals surface area contributed by atoms with Crippen molar-refractivity contribution in [1.82, 2.24) is 5.16 Å². The van der Waals surface area contributed by atoms with Gasteiger partial charge in [0.05, 0.1) is 16.3 Å². The highest BCUT2D eigenvalue weighted by Crippen LogP contribution is 2.22. The Morgan fingerprint density at radius 1 is 1.37 bits per heavy atom. The molecular formula is C12H11N3O4. The average Bonchev–Trinajstić information content (AvgIpc) is 2.78. The lowest BCUT2D eigenvalue weighted by Crippen LogP contribution is -2.12. The summed E-state index contributed by atoms with van der Waals surface area (Å²) in [7, 11) is 0. The number of nitro groups is 1. The summed E-state index contributed by atoms with van der Waals surface area (Å²) in [5, 5.41) is 16.8. The van der Waals surface area contributed by atoms with Crippen molar-refractivity contribution < 1.29 is 14.2 Å². The molecule has 7 nitrogen and oxygen atoms in total. The van der Waals surface area contributed by atoms with Crippen molar-refractivity contribution in [3.63, 3.8) is 0 Å². The molecule has 0 saturated heterocycles. The second-order valence-electron chi connectivity index (χ2n) is 4.04. The van der Waals surface area contributed by atoms with E-state index in [4.69, 9.17) is 4.52 Å². The number of nitrogens with one attached hydrogen (secondary N) is 1. The van der Waals surface area contributed by atoms with Crippen LogP contribution in [0, 0.1) is 24.0 Å². The standard InChI is InChI=1S/C12H11N3O4/c1-7-3-4-9(15(17)18)6-10(7)13-12(16)11-5-8(2)14-19-11/h3-6H,1-2H3,(H,13,16). The maximum Gasteiger partial charge on any atom is 0.294 e. The van der Waals surface area contributed by atoms with Crippen LogP contribution in [-0.4, -0.2) is 16.0 Å². The molecule has 0 spiro atoms. The highest BCUT2D eigenvalue weighted by atomic mass is 16.6. The van der Waals surface area contributed by atoms with E-state index in [2.05, 4.69) is 10.5 Å². The number of nitro benzene ring substituents is 1. The summed E-state index contributed by atoms with van der Waals surface area (Å²) in [6, 6.07) is 5.74. The Hall–Kier alpha value is -2.70. The molecule has 0 fully saturated rings. The van der Waals surface area contributed by atoms with Crippen LogP contribution in [0.1, 0.15) is 21.8 Å². The van der Waals surface area contributed by atoms with E-state index in [1.165, 1.54) is 18.2 Å². The van der Waals surface area contributed by atoms with E-state index in [0.29, 0.717) is 11.4 Å². The van der Waals surface area contributed by atoms with E-state index in [0.717, 1.165) is 5.56 Å². The van der Waals surface area contributed by atoms with Crippen molar-refractivity contribution in [3.8, 4) is 0 Å². The van der Waals surface area contributed by atoms with Gasteiger partial charge in [-0.2, -0.15) is 0 Å². The first-order chi connectivity index (χ1) is 8.97.